The molecule has 0 spiro atoms. The van der Waals surface area contributed by atoms with Gasteiger partial charge in [0.05, 0.1) is 132 Å². The lowest BCUT2D eigenvalue weighted by Gasteiger charge is -2.49. The summed E-state index contributed by atoms with van der Waals surface area (Å²) >= 11 is 0. The zero-order valence-electron chi connectivity index (χ0n) is 41.9. The number of phosphoric ester groups is 3. The highest BCUT2D eigenvalue weighted by Gasteiger charge is 2.58. The van der Waals surface area contributed by atoms with E-state index in [0.717, 1.165) is 0 Å². The van der Waals surface area contributed by atoms with E-state index in [0.29, 0.717) is 13.2 Å². The van der Waals surface area contributed by atoms with Gasteiger partial charge in [-0.25, -0.2) is 13.7 Å². The predicted octanol–water partition coefficient (Wildman–Crippen LogP) is -1.53. The highest BCUT2D eigenvalue weighted by molar-refractivity contribution is 7.46. The Bertz CT molecular complexity index is 1410. The van der Waals surface area contributed by atoms with Crippen LogP contribution in [0.1, 0.15) is 0 Å². The molecule has 0 aromatic heterocycles. The molecule has 0 saturated heterocycles. The summed E-state index contributed by atoms with van der Waals surface area (Å²) in [5, 5.41) is 0. The van der Waals surface area contributed by atoms with Crippen LogP contribution in [0.3, 0.4) is 0 Å². The third-order valence-corrected chi connectivity index (χ3v) is 12.0. The maximum atomic E-state index is 12.5. The molecule has 2 aliphatic carbocycles. The number of hydrogen-bond acceptors (Lipinski definition) is 24. The van der Waals surface area contributed by atoms with Crippen LogP contribution in [0.25, 0.3) is 0 Å². The van der Waals surface area contributed by atoms with Crippen LogP contribution in [0.4, 0.5) is 0 Å². The Morgan fingerprint density at radius 3 is 0.583 bits per heavy atom. The molecule has 0 aromatic rings. The van der Waals surface area contributed by atoms with Crippen molar-refractivity contribution in [1.82, 2.24) is 0 Å². The number of methoxy groups -OCH3 is 7. The second-order valence-electron chi connectivity index (χ2n) is 15.3. The largest absolute Gasteiger partial charge is 0.470 e. The highest BCUT2D eigenvalue weighted by Crippen LogP contribution is 2.48. The molecule has 33 heteroatoms. The summed E-state index contributed by atoms with van der Waals surface area (Å²) in [6, 6.07) is 0. The van der Waals surface area contributed by atoms with Crippen LogP contribution in [0.5, 0.6) is 0 Å². The van der Waals surface area contributed by atoms with Gasteiger partial charge in [-0.1, -0.05) is 0 Å². The summed E-state index contributed by atoms with van der Waals surface area (Å²) in [6.45, 7) is 0.644. The average molecular weight is 1120 g/mol. The minimum atomic E-state index is -5.41. The molecular formula is C39H79O30P3. The molecule has 0 aromatic carbocycles. The van der Waals surface area contributed by atoms with E-state index in [1.165, 1.54) is 49.8 Å². The summed E-state index contributed by atoms with van der Waals surface area (Å²) in [7, 11) is -6.13. The van der Waals surface area contributed by atoms with Crippen molar-refractivity contribution in [2.24, 2.45) is 0 Å². The van der Waals surface area contributed by atoms with Gasteiger partial charge < -0.3 is 115 Å². The van der Waals surface area contributed by atoms with Crippen LogP contribution in [0, 0.1) is 0 Å². The van der Waals surface area contributed by atoms with E-state index < -0.39 is 103 Å². The minimum absolute atomic E-state index is 0.0174. The van der Waals surface area contributed by atoms with Crippen LogP contribution in [0.2, 0.25) is 0 Å². The summed E-state index contributed by atoms with van der Waals surface area (Å²) < 4.78 is 155. The molecule has 0 amide bonds. The number of ether oxygens (including phenoxy) is 18. The van der Waals surface area contributed by atoms with Crippen LogP contribution >= 0.6 is 23.5 Å². The molecule has 2 fully saturated rings. The van der Waals surface area contributed by atoms with Crippen LogP contribution in [0.15, 0.2) is 0 Å². The number of phosphoric acid groups is 3. The first-order chi connectivity index (χ1) is 34.4. The molecular weight excluding hydrogens is 1040 g/mol. The SMILES string of the molecule is COCCOCCO[C@@H]1[C@@H](OC)[C@H](OCCOCCOC)[C@@H](OP(=O)(O)O)[C@@H](OCCOCCO[C@H]2[C@@H](OC)[C@H](OCCOCCOC)[C@@H](OP(=O)(O)O)[C@H](OCCOCCOC)[C@H]2OC)[C@H]1OP(=O)(O)O. The number of rotatable bonds is 45. The van der Waals surface area contributed by atoms with Crippen molar-refractivity contribution in [3.8, 4) is 0 Å². The van der Waals surface area contributed by atoms with Crippen LogP contribution in [-0.4, -0.2) is 285 Å². The molecule has 2 saturated carbocycles. The Morgan fingerprint density at radius 1 is 0.250 bits per heavy atom. The van der Waals surface area contributed by atoms with Gasteiger partial charge in [0.1, 0.15) is 73.2 Å². The fraction of sp³-hybridized carbons (Fsp3) is 1.00. The van der Waals surface area contributed by atoms with Gasteiger partial charge in [-0.3, -0.25) is 13.6 Å². The zero-order chi connectivity index (χ0) is 53.4. The molecule has 30 nitrogen and oxygen atoms in total. The summed E-state index contributed by atoms with van der Waals surface area (Å²) in [4.78, 5) is 60.4. The third-order valence-electron chi connectivity index (χ3n) is 10.4. The lowest BCUT2D eigenvalue weighted by Crippen LogP contribution is -2.67. The first kappa shape index (κ1) is 67.7. The van der Waals surface area contributed by atoms with Crippen molar-refractivity contribution in [3.05, 3.63) is 0 Å². The van der Waals surface area contributed by atoms with Crippen molar-refractivity contribution < 1.29 is 142 Å². The molecule has 12 atom stereocenters. The van der Waals surface area contributed by atoms with Gasteiger partial charge >= 0.3 is 23.5 Å². The normalized spacial score (nSPS) is 27.5. The second kappa shape index (κ2) is 38.2. The smallest absolute Gasteiger partial charge is 0.382 e. The van der Waals surface area contributed by atoms with Crippen molar-refractivity contribution in [3.63, 3.8) is 0 Å². The molecule has 430 valence electrons. The summed E-state index contributed by atoms with van der Waals surface area (Å²) in [5.41, 5.74) is 0. The van der Waals surface area contributed by atoms with Gasteiger partial charge in [0.15, 0.2) is 0 Å². The Hall–Kier alpha value is -0.390. The lowest BCUT2D eigenvalue weighted by atomic mass is 9.84. The Morgan fingerprint density at radius 2 is 0.417 bits per heavy atom. The average Bonchev–Trinajstić information content (AvgIpc) is 3.31. The predicted molar refractivity (Wildman–Crippen MR) is 243 cm³/mol. The molecule has 0 radical (unpaired) electrons. The molecule has 0 heterocycles. The van der Waals surface area contributed by atoms with Crippen molar-refractivity contribution in [1.29, 1.82) is 0 Å². The van der Waals surface area contributed by atoms with E-state index >= 15 is 0 Å². The second-order valence-corrected chi connectivity index (χ2v) is 18.9. The molecule has 0 unspecified atom stereocenters. The van der Waals surface area contributed by atoms with Crippen LogP contribution in [-0.2, 0) is 113 Å². The summed E-state index contributed by atoms with van der Waals surface area (Å²) in [5.74, 6) is 0. The van der Waals surface area contributed by atoms with Gasteiger partial charge in [0, 0.05) is 49.8 Å². The molecule has 6 N–H and O–H groups in total. The fourth-order valence-electron chi connectivity index (χ4n) is 7.56. The fourth-order valence-corrected chi connectivity index (χ4v) is 9.23. The Kier molecular flexibility index (Phi) is 36.0. The van der Waals surface area contributed by atoms with Crippen molar-refractivity contribution in [2.45, 2.75) is 73.2 Å². The topological polar surface area (TPSA) is 366 Å². The lowest BCUT2D eigenvalue weighted by molar-refractivity contribution is -0.266. The molecule has 72 heavy (non-hydrogen) atoms. The molecule has 2 aliphatic rings. The van der Waals surface area contributed by atoms with E-state index in [-0.39, 0.29) is 112 Å². The zero-order valence-corrected chi connectivity index (χ0v) is 44.6. The third kappa shape index (κ3) is 26.8. The first-order valence-electron chi connectivity index (χ1n) is 22.8. The standard InChI is InChI=1S/C39H79O30P3/c1-49-8-12-56-16-23-62-32-28(53-5)31(29(54-6)33(37(32)67-70(40,41)42)63-24-17-57-13-9-50-2)61-22-20-60-21-27-66-36-38(68-71(43,44)45)34(64-25-18-58-14-10-51-3)30(55-7)35(39(36)69-72(46,47)48)65-26-19-59-15-11-52-4/h28-39H,8-27H2,1-7H3,(H2,40,41,42)(H2,43,44,45)(H2,46,47,48)/t28-,29+,30-,31+,32+,33-,34-,35+,36+,37-,38+,39-. The van der Waals surface area contributed by atoms with Gasteiger partial charge in [-0.05, 0) is 0 Å². The van der Waals surface area contributed by atoms with Gasteiger partial charge in [0.25, 0.3) is 0 Å². The van der Waals surface area contributed by atoms with E-state index in [1.54, 1.807) is 0 Å². The quantitative estimate of drug-likeness (QED) is 0.0298. The van der Waals surface area contributed by atoms with Crippen molar-refractivity contribution >= 4 is 23.5 Å². The van der Waals surface area contributed by atoms with E-state index in [9.17, 15) is 43.1 Å². The Balaban J connectivity index is 2.37. The molecule has 0 bridgehead atoms. The Labute approximate surface area is 419 Å². The van der Waals surface area contributed by atoms with Gasteiger partial charge in [-0.15, -0.1) is 0 Å². The van der Waals surface area contributed by atoms with E-state index in [4.69, 9.17) is 98.8 Å². The maximum absolute atomic E-state index is 12.5. The first-order valence-corrected chi connectivity index (χ1v) is 27.3. The van der Waals surface area contributed by atoms with Gasteiger partial charge in [0.2, 0.25) is 0 Å². The molecule has 2 rings (SSSR count). The van der Waals surface area contributed by atoms with Crippen molar-refractivity contribution in [2.75, 3.05) is 182 Å². The van der Waals surface area contributed by atoms with Crippen LogP contribution < -0.4 is 0 Å². The number of hydrogen-bond donors (Lipinski definition) is 6. The highest BCUT2D eigenvalue weighted by atomic mass is 31.2. The maximum Gasteiger partial charge on any atom is 0.470 e. The minimum Gasteiger partial charge on any atom is -0.382 e. The van der Waals surface area contributed by atoms with E-state index in [1.807, 2.05) is 0 Å². The monoisotopic (exact) mass is 1120 g/mol. The molecule has 0 aliphatic heterocycles. The van der Waals surface area contributed by atoms with Gasteiger partial charge in [-0.2, -0.15) is 0 Å². The summed E-state index contributed by atoms with van der Waals surface area (Å²) in [6.07, 6.45) is -16.7. The van der Waals surface area contributed by atoms with E-state index in [2.05, 4.69) is 0 Å².